The van der Waals surface area contributed by atoms with Crippen LogP contribution in [0.5, 0.6) is 0 Å². The summed E-state index contributed by atoms with van der Waals surface area (Å²) in [5.74, 6) is 1.32. The smallest absolute Gasteiger partial charge is 0.274 e. The maximum Gasteiger partial charge on any atom is 0.274 e. The van der Waals surface area contributed by atoms with Gasteiger partial charge in [-0.25, -0.2) is 0 Å². The highest BCUT2D eigenvalue weighted by Gasteiger charge is 2.25. The quantitative estimate of drug-likeness (QED) is 0.724. The Morgan fingerprint density at radius 1 is 1.33 bits per heavy atom. The molecule has 1 fully saturated rings. The SMILES string of the molecule is Cc1ccc(-c2cc(C(=O)N(Cc3ccccn3)C[C@H]3CCCO3)n[nH]2)o1. The molecule has 7 heteroatoms. The van der Waals surface area contributed by atoms with Gasteiger partial charge in [0.1, 0.15) is 11.5 Å². The van der Waals surface area contributed by atoms with Gasteiger partial charge in [0, 0.05) is 25.4 Å². The number of ether oxygens (including phenoxy) is 1. The zero-order chi connectivity index (χ0) is 18.6. The molecule has 1 atom stereocenters. The van der Waals surface area contributed by atoms with Gasteiger partial charge in [0.05, 0.1) is 18.3 Å². The van der Waals surface area contributed by atoms with Gasteiger partial charge in [-0.2, -0.15) is 5.10 Å². The molecule has 27 heavy (non-hydrogen) atoms. The van der Waals surface area contributed by atoms with Gasteiger partial charge in [0.15, 0.2) is 11.5 Å². The van der Waals surface area contributed by atoms with Crippen molar-refractivity contribution >= 4 is 5.91 Å². The predicted octanol–water partition coefficient (Wildman–Crippen LogP) is 3.19. The van der Waals surface area contributed by atoms with E-state index in [1.54, 1.807) is 17.2 Å². The van der Waals surface area contributed by atoms with Crippen LogP contribution in [-0.4, -0.2) is 45.2 Å². The van der Waals surface area contributed by atoms with E-state index >= 15 is 0 Å². The number of hydrogen-bond acceptors (Lipinski definition) is 5. The number of rotatable bonds is 6. The number of pyridine rings is 1. The number of carbonyl (C=O) groups excluding carboxylic acids is 1. The van der Waals surface area contributed by atoms with Gasteiger partial charge in [-0.05, 0) is 44.0 Å². The number of aromatic amines is 1. The fourth-order valence-electron chi connectivity index (χ4n) is 3.24. The molecule has 0 radical (unpaired) electrons. The first-order valence-electron chi connectivity index (χ1n) is 9.12. The molecule has 140 valence electrons. The van der Waals surface area contributed by atoms with E-state index in [9.17, 15) is 4.79 Å². The Morgan fingerprint density at radius 3 is 2.96 bits per heavy atom. The van der Waals surface area contributed by atoms with Crippen molar-refractivity contribution in [1.29, 1.82) is 0 Å². The first-order chi connectivity index (χ1) is 13.2. The number of amides is 1. The summed E-state index contributed by atoms with van der Waals surface area (Å²) in [5, 5.41) is 7.09. The normalized spacial score (nSPS) is 16.6. The largest absolute Gasteiger partial charge is 0.460 e. The monoisotopic (exact) mass is 366 g/mol. The van der Waals surface area contributed by atoms with E-state index in [1.807, 2.05) is 37.3 Å². The number of H-pyrrole nitrogens is 1. The van der Waals surface area contributed by atoms with Crippen LogP contribution < -0.4 is 0 Å². The van der Waals surface area contributed by atoms with Crippen molar-refractivity contribution in [2.45, 2.75) is 32.4 Å². The van der Waals surface area contributed by atoms with Crippen LogP contribution in [0.3, 0.4) is 0 Å². The van der Waals surface area contributed by atoms with E-state index in [0.717, 1.165) is 30.9 Å². The number of aromatic nitrogens is 3. The lowest BCUT2D eigenvalue weighted by molar-refractivity contribution is 0.0500. The van der Waals surface area contributed by atoms with E-state index in [2.05, 4.69) is 15.2 Å². The van der Waals surface area contributed by atoms with E-state index in [-0.39, 0.29) is 12.0 Å². The summed E-state index contributed by atoms with van der Waals surface area (Å²) in [7, 11) is 0. The zero-order valence-electron chi connectivity index (χ0n) is 15.2. The van der Waals surface area contributed by atoms with Crippen LogP contribution in [0.15, 0.2) is 47.0 Å². The van der Waals surface area contributed by atoms with Crippen LogP contribution in [0.4, 0.5) is 0 Å². The molecular formula is C20H22N4O3. The van der Waals surface area contributed by atoms with Gasteiger partial charge in [-0.1, -0.05) is 6.07 Å². The lowest BCUT2D eigenvalue weighted by atomic mass is 10.2. The molecule has 1 aliphatic heterocycles. The maximum atomic E-state index is 13.1. The Morgan fingerprint density at radius 2 is 2.26 bits per heavy atom. The summed E-state index contributed by atoms with van der Waals surface area (Å²) in [6.45, 7) is 3.57. The summed E-state index contributed by atoms with van der Waals surface area (Å²) >= 11 is 0. The summed E-state index contributed by atoms with van der Waals surface area (Å²) < 4.78 is 11.3. The molecular weight excluding hydrogens is 344 g/mol. The third-order valence-electron chi connectivity index (χ3n) is 4.62. The summed E-state index contributed by atoms with van der Waals surface area (Å²) in [4.78, 5) is 19.2. The number of aryl methyl sites for hydroxylation is 1. The topological polar surface area (TPSA) is 84.3 Å². The van der Waals surface area contributed by atoms with Crippen molar-refractivity contribution in [3.05, 3.63) is 59.7 Å². The van der Waals surface area contributed by atoms with Crippen LogP contribution in [-0.2, 0) is 11.3 Å². The van der Waals surface area contributed by atoms with E-state index in [0.29, 0.717) is 30.2 Å². The highest BCUT2D eigenvalue weighted by molar-refractivity contribution is 5.93. The summed E-state index contributed by atoms with van der Waals surface area (Å²) in [6, 6.07) is 11.2. The second-order valence-electron chi connectivity index (χ2n) is 6.72. The third-order valence-corrected chi connectivity index (χ3v) is 4.62. The molecule has 0 saturated carbocycles. The zero-order valence-corrected chi connectivity index (χ0v) is 15.2. The minimum Gasteiger partial charge on any atom is -0.460 e. The van der Waals surface area contributed by atoms with Crippen molar-refractivity contribution in [3.8, 4) is 11.5 Å². The second kappa shape index (κ2) is 7.75. The predicted molar refractivity (Wildman–Crippen MR) is 99.0 cm³/mol. The minimum atomic E-state index is -0.151. The van der Waals surface area contributed by atoms with Gasteiger partial charge in [-0.3, -0.25) is 14.9 Å². The second-order valence-corrected chi connectivity index (χ2v) is 6.72. The number of furan rings is 1. The molecule has 1 amide bonds. The fourth-order valence-corrected chi connectivity index (χ4v) is 3.24. The first kappa shape index (κ1) is 17.5. The molecule has 4 heterocycles. The van der Waals surface area contributed by atoms with Crippen LogP contribution in [0.2, 0.25) is 0 Å². The van der Waals surface area contributed by atoms with Gasteiger partial charge in [0.2, 0.25) is 0 Å². The molecule has 7 nitrogen and oxygen atoms in total. The molecule has 0 bridgehead atoms. The molecule has 1 aliphatic rings. The Bertz CT molecular complexity index is 897. The van der Waals surface area contributed by atoms with Gasteiger partial charge < -0.3 is 14.1 Å². The molecule has 4 rings (SSSR count). The number of hydrogen-bond donors (Lipinski definition) is 1. The Kier molecular flexibility index (Phi) is 5.02. The molecule has 1 N–H and O–H groups in total. The van der Waals surface area contributed by atoms with Crippen molar-refractivity contribution in [1.82, 2.24) is 20.1 Å². The average molecular weight is 366 g/mol. The van der Waals surface area contributed by atoms with Crippen LogP contribution in [0, 0.1) is 6.92 Å². The van der Waals surface area contributed by atoms with E-state index < -0.39 is 0 Å². The Labute approximate surface area is 157 Å². The van der Waals surface area contributed by atoms with Crippen molar-refractivity contribution in [2.24, 2.45) is 0 Å². The number of carbonyl (C=O) groups is 1. The van der Waals surface area contributed by atoms with E-state index in [4.69, 9.17) is 9.15 Å². The Hall–Kier alpha value is -2.93. The molecule has 0 aromatic carbocycles. The third kappa shape index (κ3) is 4.09. The standard InChI is InChI=1S/C20H22N4O3/c1-14-7-8-19(27-14)17-11-18(23-22-17)20(25)24(13-16-6-4-10-26-16)12-15-5-2-3-9-21-15/h2-3,5,7-9,11,16H,4,6,10,12-13H2,1H3,(H,22,23)/t16-/m1/s1. The summed E-state index contributed by atoms with van der Waals surface area (Å²) in [6.07, 6.45) is 3.78. The average Bonchev–Trinajstić information content (AvgIpc) is 3.43. The first-order valence-corrected chi connectivity index (χ1v) is 9.12. The minimum absolute atomic E-state index is 0.0591. The lowest BCUT2D eigenvalue weighted by Gasteiger charge is -2.24. The van der Waals surface area contributed by atoms with Crippen molar-refractivity contribution < 1.29 is 13.9 Å². The van der Waals surface area contributed by atoms with Gasteiger partial charge in [0.25, 0.3) is 5.91 Å². The van der Waals surface area contributed by atoms with Crippen molar-refractivity contribution in [3.63, 3.8) is 0 Å². The molecule has 3 aromatic rings. The molecule has 0 aliphatic carbocycles. The lowest BCUT2D eigenvalue weighted by Crippen LogP contribution is -2.37. The molecule has 0 spiro atoms. The molecule has 1 saturated heterocycles. The Balaban J connectivity index is 1.54. The fraction of sp³-hybridized carbons (Fsp3) is 0.350. The van der Waals surface area contributed by atoms with Gasteiger partial charge in [-0.15, -0.1) is 0 Å². The number of nitrogens with one attached hydrogen (secondary N) is 1. The highest BCUT2D eigenvalue weighted by Crippen LogP contribution is 2.22. The summed E-state index contributed by atoms with van der Waals surface area (Å²) in [5.41, 5.74) is 1.87. The van der Waals surface area contributed by atoms with Crippen molar-refractivity contribution in [2.75, 3.05) is 13.2 Å². The van der Waals surface area contributed by atoms with Crippen LogP contribution >= 0.6 is 0 Å². The number of nitrogens with zero attached hydrogens (tertiary/aromatic N) is 3. The van der Waals surface area contributed by atoms with E-state index in [1.165, 1.54) is 0 Å². The molecule has 0 unspecified atom stereocenters. The van der Waals surface area contributed by atoms with Crippen LogP contribution in [0.25, 0.3) is 11.5 Å². The van der Waals surface area contributed by atoms with Crippen LogP contribution in [0.1, 0.15) is 34.8 Å². The maximum absolute atomic E-state index is 13.1. The highest BCUT2D eigenvalue weighted by atomic mass is 16.5. The van der Waals surface area contributed by atoms with Gasteiger partial charge >= 0.3 is 0 Å². The molecule has 3 aromatic heterocycles.